The third-order valence-corrected chi connectivity index (χ3v) is 4.61. The van der Waals surface area contributed by atoms with Crippen LogP contribution in [0.1, 0.15) is 36.8 Å². The lowest BCUT2D eigenvalue weighted by molar-refractivity contribution is -0.120. The van der Waals surface area contributed by atoms with E-state index >= 15 is 0 Å². The number of anilines is 1. The maximum absolute atomic E-state index is 12.5. The SMILES string of the molecule is Cc1cc(C)cc(N2C(=O)CC3CCCCN3C2=S)c1. The number of aryl methyl sites for hydroxylation is 2. The predicted molar refractivity (Wildman–Crippen MR) is 85.0 cm³/mol. The highest BCUT2D eigenvalue weighted by Crippen LogP contribution is 2.30. The first-order valence-electron chi connectivity index (χ1n) is 7.28. The molecule has 0 bridgehead atoms. The van der Waals surface area contributed by atoms with Crippen molar-refractivity contribution in [1.29, 1.82) is 0 Å². The van der Waals surface area contributed by atoms with Gasteiger partial charge in [0.05, 0.1) is 5.69 Å². The zero-order valence-corrected chi connectivity index (χ0v) is 12.9. The molecule has 0 spiro atoms. The fraction of sp³-hybridized carbons (Fsp3) is 0.500. The second-order valence-electron chi connectivity index (χ2n) is 5.90. The Bertz CT molecular complexity index is 549. The van der Waals surface area contributed by atoms with Crippen molar-refractivity contribution in [3.8, 4) is 0 Å². The summed E-state index contributed by atoms with van der Waals surface area (Å²) < 4.78 is 0. The number of thiocarbonyl (C=S) groups is 1. The Labute approximate surface area is 125 Å². The van der Waals surface area contributed by atoms with Crippen molar-refractivity contribution in [3.63, 3.8) is 0 Å². The van der Waals surface area contributed by atoms with E-state index in [9.17, 15) is 4.79 Å². The van der Waals surface area contributed by atoms with E-state index in [0.717, 1.165) is 29.8 Å². The summed E-state index contributed by atoms with van der Waals surface area (Å²) in [5.41, 5.74) is 3.24. The van der Waals surface area contributed by atoms with Crippen molar-refractivity contribution < 1.29 is 4.79 Å². The van der Waals surface area contributed by atoms with E-state index in [1.165, 1.54) is 12.8 Å². The van der Waals surface area contributed by atoms with Crippen molar-refractivity contribution >= 4 is 28.9 Å². The van der Waals surface area contributed by atoms with Crippen molar-refractivity contribution in [3.05, 3.63) is 29.3 Å². The molecule has 0 aromatic heterocycles. The molecule has 2 saturated heterocycles. The van der Waals surface area contributed by atoms with Gasteiger partial charge in [-0.2, -0.15) is 0 Å². The number of hydrogen-bond donors (Lipinski definition) is 0. The summed E-state index contributed by atoms with van der Waals surface area (Å²) in [5, 5.41) is 0.691. The molecule has 1 atom stereocenters. The highest BCUT2D eigenvalue weighted by molar-refractivity contribution is 7.80. The lowest BCUT2D eigenvalue weighted by Gasteiger charge is -2.45. The van der Waals surface area contributed by atoms with Crippen molar-refractivity contribution in [2.75, 3.05) is 11.4 Å². The molecule has 4 heteroatoms. The minimum Gasteiger partial charge on any atom is -0.345 e. The van der Waals surface area contributed by atoms with Gasteiger partial charge in [0, 0.05) is 19.0 Å². The summed E-state index contributed by atoms with van der Waals surface area (Å²) in [7, 11) is 0. The molecule has 0 saturated carbocycles. The van der Waals surface area contributed by atoms with Crippen LogP contribution in [0.3, 0.4) is 0 Å². The molecule has 0 N–H and O–H groups in total. The first kappa shape index (κ1) is 13.6. The van der Waals surface area contributed by atoms with Crippen LogP contribution in [0.5, 0.6) is 0 Å². The molecule has 1 aromatic carbocycles. The van der Waals surface area contributed by atoms with E-state index in [4.69, 9.17) is 12.2 Å². The molecular formula is C16H20N2OS. The third kappa shape index (κ3) is 2.33. The molecule has 106 valence electrons. The van der Waals surface area contributed by atoms with Crippen LogP contribution in [0.25, 0.3) is 0 Å². The Kier molecular flexibility index (Phi) is 3.50. The topological polar surface area (TPSA) is 23.6 Å². The van der Waals surface area contributed by atoms with Crippen LogP contribution in [0.4, 0.5) is 5.69 Å². The van der Waals surface area contributed by atoms with Gasteiger partial charge in [0.1, 0.15) is 0 Å². The molecule has 2 aliphatic rings. The molecule has 20 heavy (non-hydrogen) atoms. The Hall–Kier alpha value is -1.42. The number of carbonyl (C=O) groups excluding carboxylic acids is 1. The normalized spacial score (nSPS) is 23.0. The van der Waals surface area contributed by atoms with Gasteiger partial charge < -0.3 is 4.90 Å². The number of fused-ring (bicyclic) bond motifs is 1. The first-order valence-corrected chi connectivity index (χ1v) is 7.69. The zero-order valence-electron chi connectivity index (χ0n) is 12.1. The number of nitrogens with zero attached hydrogens (tertiary/aromatic N) is 2. The number of benzene rings is 1. The summed E-state index contributed by atoms with van der Waals surface area (Å²) in [6, 6.07) is 6.53. The van der Waals surface area contributed by atoms with Crippen LogP contribution in [0.15, 0.2) is 18.2 Å². The Morgan fingerprint density at radius 3 is 2.55 bits per heavy atom. The molecule has 0 aliphatic carbocycles. The molecule has 2 fully saturated rings. The van der Waals surface area contributed by atoms with E-state index in [0.29, 0.717) is 17.6 Å². The predicted octanol–water partition coefficient (Wildman–Crippen LogP) is 3.18. The fourth-order valence-corrected chi connectivity index (χ4v) is 3.77. The number of hydrogen-bond acceptors (Lipinski definition) is 2. The zero-order chi connectivity index (χ0) is 14.3. The molecule has 0 radical (unpaired) electrons. The molecule has 2 aliphatic heterocycles. The van der Waals surface area contributed by atoms with Gasteiger partial charge in [0.2, 0.25) is 5.91 Å². The monoisotopic (exact) mass is 288 g/mol. The summed E-state index contributed by atoms with van der Waals surface area (Å²) in [6.45, 7) is 5.09. The van der Waals surface area contributed by atoms with Crippen LogP contribution in [-0.2, 0) is 4.79 Å². The second-order valence-corrected chi connectivity index (χ2v) is 6.27. The molecule has 1 unspecified atom stereocenters. The lowest BCUT2D eigenvalue weighted by atomic mass is 9.97. The highest BCUT2D eigenvalue weighted by atomic mass is 32.1. The molecule has 3 nitrogen and oxygen atoms in total. The average Bonchev–Trinajstić information content (AvgIpc) is 2.37. The van der Waals surface area contributed by atoms with Crippen molar-refractivity contribution in [2.45, 2.75) is 45.6 Å². The van der Waals surface area contributed by atoms with Crippen LogP contribution in [-0.4, -0.2) is 28.5 Å². The number of rotatable bonds is 1. The molecule has 1 aromatic rings. The molecular weight excluding hydrogens is 268 g/mol. The Morgan fingerprint density at radius 1 is 1.15 bits per heavy atom. The molecule has 2 heterocycles. The van der Waals surface area contributed by atoms with Gasteiger partial charge in [-0.05, 0) is 68.6 Å². The van der Waals surface area contributed by atoms with Gasteiger partial charge in [-0.1, -0.05) is 6.07 Å². The van der Waals surface area contributed by atoms with Crippen molar-refractivity contribution in [2.24, 2.45) is 0 Å². The number of amides is 1. The standard InChI is InChI=1S/C16H20N2OS/c1-11-7-12(2)9-14(8-11)18-15(19)10-13-5-3-4-6-17(13)16(18)20/h7-9,13H,3-6,10H2,1-2H3. The summed E-state index contributed by atoms with van der Waals surface area (Å²) in [4.78, 5) is 16.5. The van der Waals surface area contributed by atoms with E-state index < -0.39 is 0 Å². The summed E-state index contributed by atoms with van der Waals surface area (Å²) >= 11 is 5.60. The van der Waals surface area contributed by atoms with Gasteiger partial charge in [0.25, 0.3) is 0 Å². The van der Waals surface area contributed by atoms with E-state index in [1.807, 2.05) is 12.1 Å². The largest absolute Gasteiger partial charge is 0.345 e. The van der Waals surface area contributed by atoms with Crippen LogP contribution >= 0.6 is 12.2 Å². The fourth-order valence-electron chi connectivity index (χ4n) is 3.33. The van der Waals surface area contributed by atoms with Crippen LogP contribution in [0.2, 0.25) is 0 Å². The minimum absolute atomic E-state index is 0.142. The number of carbonyl (C=O) groups is 1. The Morgan fingerprint density at radius 2 is 1.85 bits per heavy atom. The van der Waals surface area contributed by atoms with Gasteiger partial charge in [0.15, 0.2) is 5.11 Å². The molecule has 3 rings (SSSR count). The maximum Gasteiger partial charge on any atom is 0.235 e. The van der Waals surface area contributed by atoms with Gasteiger partial charge in [-0.15, -0.1) is 0 Å². The van der Waals surface area contributed by atoms with Crippen LogP contribution in [0, 0.1) is 13.8 Å². The lowest BCUT2D eigenvalue weighted by Crippen LogP contribution is -2.58. The number of piperidine rings is 1. The highest BCUT2D eigenvalue weighted by Gasteiger charge is 2.37. The van der Waals surface area contributed by atoms with Gasteiger partial charge in [-0.25, -0.2) is 0 Å². The summed E-state index contributed by atoms with van der Waals surface area (Å²) in [6.07, 6.45) is 4.06. The third-order valence-electron chi connectivity index (χ3n) is 4.19. The smallest absolute Gasteiger partial charge is 0.235 e. The first-order chi connectivity index (χ1) is 9.56. The van der Waals surface area contributed by atoms with E-state index in [2.05, 4.69) is 24.8 Å². The van der Waals surface area contributed by atoms with E-state index in [1.54, 1.807) is 4.90 Å². The summed E-state index contributed by atoms with van der Waals surface area (Å²) in [5.74, 6) is 0.142. The van der Waals surface area contributed by atoms with E-state index in [-0.39, 0.29) is 5.91 Å². The maximum atomic E-state index is 12.5. The quantitative estimate of drug-likeness (QED) is 0.742. The Balaban J connectivity index is 1.95. The molecule has 1 amide bonds. The minimum atomic E-state index is 0.142. The second kappa shape index (κ2) is 5.17. The van der Waals surface area contributed by atoms with Gasteiger partial charge >= 0.3 is 0 Å². The van der Waals surface area contributed by atoms with Gasteiger partial charge in [-0.3, -0.25) is 9.69 Å². The van der Waals surface area contributed by atoms with Crippen LogP contribution < -0.4 is 4.90 Å². The average molecular weight is 288 g/mol. The van der Waals surface area contributed by atoms with Crippen molar-refractivity contribution in [1.82, 2.24) is 4.90 Å².